The van der Waals surface area contributed by atoms with Crippen LogP contribution in [0.15, 0.2) is 24.3 Å². The molecule has 0 heterocycles. The zero-order valence-corrected chi connectivity index (χ0v) is 12.6. The second kappa shape index (κ2) is 8.94. The van der Waals surface area contributed by atoms with Gasteiger partial charge in [-0.15, -0.1) is 0 Å². The number of para-hydroxylation sites is 1. The maximum atomic E-state index is 5.80. The van der Waals surface area contributed by atoms with Gasteiger partial charge in [-0.05, 0) is 19.4 Å². The van der Waals surface area contributed by atoms with E-state index in [1.807, 2.05) is 18.2 Å². The van der Waals surface area contributed by atoms with Crippen LogP contribution in [0.5, 0.6) is 5.75 Å². The van der Waals surface area contributed by atoms with Gasteiger partial charge in [-0.25, -0.2) is 0 Å². The highest BCUT2D eigenvalue weighted by atomic mass is 16.5. The Morgan fingerprint density at radius 3 is 2.53 bits per heavy atom. The molecule has 0 saturated carbocycles. The predicted octanol–water partition coefficient (Wildman–Crippen LogP) is 3.38. The van der Waals surface area contributed by atoms with Crippen LogP contribution in [0, 0.1) is 0 Å². The van der Waals surface area contributed by atoms with Gasteiger partial charge in [-0.3, -0.25) is 0 Å². The zero-order valence-electron chi connectivity index (χ0n) is 12.6. The Morgan fingerprint density at radius 2 is 1.84 bits per heavy atom. The van der Waals surface area contributed by atoms with E-state index < -0.39 is 0 Å². The molecule has 0 spiro atoms. The van der Waals surface area contributed by atoms with E-state index in [9.17, 15) is 0 Å². The minimum atomic E-state index is 0.307. The van der Waals surface area contributed by atoms with Crippen molar-refractivity contribution in [2.45, 2.75) is 52.8 Å². The first-order valence-corrected chi connectivity index (χ1v) is 7.19. The average Bonchev–Trinajstić information content (AvgIpc) is 2.41. The van der Waals surface area contributed by atoms with E-state index in [1.165, 1.54) is 5.56 Å². The molecule has 19 heavy (non-hydrogen) atoms. The summed E-state index contributed by atoms with van der Waals surface area (Å²) in [6, 6.07) is 8.63. The zero-order chi connectivity index (χ0) is 14.1. The molecule has 3 heteroatoms. The molecule has 1 atom stereocenters. The van der Waals surface area contributed by atoms with Crippen molar-refractivity contribution >= 4 is 0 Å². The summed E-state index contributed by atoms with van der Waals surface area (Å²) in [5, 5.41) is 3.41. The highest BCUT2D eigenvalue weighted by Crippen LogP contribution is 2.17. The predicted molar refractivity (Wildman–Crippen MR) is 79.6 cm³/mol. The van der Waals surface area contributed by atoms with Crippen LogP contribution < -0.4 is 10.1 Å². The molecule has 0 bridgehead atoms. The largest absolute Gasteiger partial charge is 0.491 e. The second-order valence-electron chi connectivity index (χ2n) is 5.08. The van der Waals surface area contributed by atoms with E-state index in [4.69, 9.17) is 9.47 Å². The molecule has 1 aromatic rings. The Morgan fingerprint density at radius 1 is 1.11 bits per heavy atom. The third kappa shape index (κ3) is 6.60. The molecule has 0 fully saturated rings. The van der Waals surface area contributed by atoms with Gasteiger partial charge in [0, 0.05) is 18.2 Å². The topological polar surface area (TPSA) is 30.5 Å². The minimum absolute atomic E-state index is 0.307. The maximum absolute atomic E-state index is 5.80. The lowest BCUT2D eigenvalue weighted by atomic mass is 10.2. The molecule has 1 N–H and O–H groups in total. The molecule has 1 rings (SSSR count). The van der Waals surface area contributed by atoms with Crippen LogP contribution in [0.2, 0.25) is 0 Å². The third-order valence-corrected chi connectivity index (χ3v) is 2.99. The van der Waals surface area contributed by atoms with Crippen molar-refractivity contribution in [3.05, 3.63) is 29.8 Å². The van der Waals surface area contributed by atoms with E-state index in [0.29, 0.717) is 25.4 Å². The lowest BCUT2D eigenvalue weighted by Gasteiger charge is -2.15. The number of benzene rings is 1. The fraction of sp³-hybridized carbons (Fsp3) is 0.625. The fourth-order valence-corrected chi connectivity index (χ4v) is 1.62. The highest BCUT2D eigenvalue weighted by molar-refractivity contribution is 5.33. The summed E-state index contributed by atoms with van der Waals surface area (Å²) in [5.74, 6) is 0.948. The molecule has 0 aliphatic rings. The van der Waals surface area contributed by atoms with E-state index >= 15 is 0 Å². The molecule has 0 saturated heterocycles. The van der Waals surface area contributed by atoms with Gasteiger partial charge in [-0.1, -0.05) is 39.0 Å². The number of ether oxygens (including phenoxy) is 2. The lowest BCUT2D eigenvalue weighted by molar-refractivity contribution is 0.0425. The lowest BCUT2D eigenvalue weighted by Crippen LogP contribution is -2.22. The van der Waals surface area contributed by atoms with E-state index in [0.717, 1.165) is 18.7 Å². The van der Waals surface area contributed by atoms with Crippen molar-refractivity contribution in [1.29, 1.82) is 0 Å². The maximum Gasteiger partial charge on any atom is 0.123 e. The summed E-state index contributed by atoms with van der Waals surface area (Å²) in [4.78, 5) is 0. The number of hydrogen-bond donors (Lipinski definition) is 1. The molecule has 0 aromatic heterocycles. The Hall–Kier alpha value is -1.06. The molecule has 0 aliphatic heterocycles. The Balaban J connectivity index is 2.39. The van der Waals surface area contributed by atoms with Gasteiger partial charge in [0.15, 0.2) is 0 Å². The number of nitrogens with one attached hydrogen (secondary N) is 1. The molecule has 3 nitrogen and oxygen atoms in total. The van der Waals surface area contributed by atoms with E-state index in [2.05, 4.69) is 39.1 Å². The molecule has 1 unspecified atom stereocenters. The molecule has 108 valence electrons. The summed E-state index contributed by atoms with van der Waals surface area (Å²) in [7, 11) is 0. The molecular weight excluding hydrogens is 238 g/mol. The van der Waals surface area contributed by atoms with Crippen LogP contribution in [0.25, 0.3) is 0 Å². The minimum Gasteiger partial charge on any atom is -0.491 e. The molecule has 0 aliphatic carbocycles. The van der Waals surface area contributed by atoms with Gasteiger partial charge in [0.2, 0.25) is 0 Å². The van der Waals surface area contributed by atoms with Gasteiger partial charge in [0.1, 0.15) is 12.4 Å². The van der Waals surface area contributed by atoms with Crippen molar-refractivity contribution in [3.63, 3.8) is 0 Å². The van der Waals surface area contributed by atoms with Gasteiger partial charge in [0.05, 0.1) is 12.7 Å². The van der Waals surface area contributed by atoms with Crippen LogP contribution in [-0.4, -0.2) is 25.4 Å². The van der Waals surface area contributed by atoms with Gasteiger partial charge in [-0.2, -0.15) is 0 Å². The Bertz CT molecular complexity index is 352. The van der Waals surface area contributed by atoms with Crippen LogP contribution in [-0.2, 0) is 11.3 Å². The van der Waals surface area contributed by atoms with Crippen LogP contribution in [0.4, 0.5) is 0 Å². The monoisotopic (exact) mass is 265 g/mol. The van der Waals surface area contributed by atoms with Gasteiger partial charge < -0.3 is 14.8 Å². The fourth-order valence-electron chi connectivity index (χ4n) is 1.62. The van der Waals surface area contributed by atoms with Crippen molar-refractivity contribution < 1.29 is 9.47 Å². The number of hydrogen-bond acceptors (Lipinski definition) is 3. The summed E-state index contributed by atoms with van der Waals surface area (Å²) in [6.45, 7) is 10.6. The van der Waals surface area contributed by atoms with Crippen molar-refractivity contribution in [2.24, 2.45) is 0 Å². The Labute approximate surface area is 117 Å². The molecule has 0 radical (unpaired) electrons. The summed E-state index contributed by atoms with van der Waals surface area (Å²) in [5.41, 5.74) is 1.19. The third-order valence-electron chi connectivity index (χ3n) is 2.99. The summed E-state index contributed by atoms with van der Waals surface area (Å²) < 4.78 is 11.4. The standard InChI is InChI=1S/C16H27NO2/c1-5-14(4)18-10-11-19-16-9-7-6-8-15(16)12-17-13(2)3/h6-9,13-14,17H,5,10-12H2,1-4H3. The molecular formula is C16H27NO2. The first-order chi connectivity index (χ1) is 9.13. The molecule has 0 amide bonds. The average molecular weight is 265 g/mol. The van der Waals surface area contributed by atoms with Crippen molar-refractivity contribution in [1.82, 2.24) is 5.32 Å². The normalized spacial score (nSPS) is 12.7. The summed E-state index contributed by atoms with van der Waals surface area (Å²) in [6.07, 6.45) is 1.34. The second-order valence-corrected chi connectivity index (χ2v) is 5.08. The van der Waals surface area contributed by atoms with Crippen molar-refractivity contribution in [2.75, 3.05) is 13.2 Å². The van der Waals surface area contributed by atoms with Gasteiger partial charge in [0.25, 0.3) is 0 Å². The van der Waals surface area contributed by atoms with Crippen LogP contribution >= 0.6 is 0 Å². The SMILES string of the molecule is CCC(C)OCCOc1ccccc1CNC(C)C. The first kappa shape index (κ1) is 16.0. The van der Waals surface area contributed by atoms with E-state index in [-0.39, 0.29) is 0 Å². The smallest absolute Gasteiger partial charge is 0.123 e. The first-order valence-electron chi connectivity index (χ1n) is 7.19. The van der Waals surface area contributed by atoms with Gasteiger partial charge >= 0.3 is 0 Å². The van der Waals surface area contributed by atoms with Crippen LogP contribution in [0.1, 0.15) is 39.7 Å². The van der Waals surface area contributed by atoms with Crippen molar-refractivity contribution in [3.8, 4) is 5.75 Å². The van der Waals surface area contributed by atoms with E-state index in [1.54, 1.807) is 0 Å². The van der Waals surface area contributed by atoms with Crippen LogP contribution in [0.3, 0.4) is 0 Å². The quantitative estimate of drug-likeness (QED) is 0.694. The summed E-state index contributed by atoms with van der Waals surface area (Å²) >= 11 is 0. The molecule has 1 aromatic carbocycles. The number of rotatable bonds is 9. The Kier molecular flexibility index (Phi) is 7.53. The highest BCUT2D eigenvalue weighted by Gasteiger charge is 2.04.